The molecule has 1 aromatic carbocycles. The second-order valence-electron chi connectivity index (χ2n) is 4.50. The van der Waals surface area contributed by atoms with Crippen molar-refractivity contribution in [2.24, 2.45) is 5.73 Å². The normalized spacial score (nSPS) is 12.3. The third-order valence-corrected chi connectivity index (χ3v) is 3.63. The Morgan fingerprint density at radius 3 is 2.57 bits per heavy atom. The van der Waals surface area contributed by atoms with Crippen molar-refractivity contribution < 1.29 is 0 Å². The first-order valence-electron chi connectivity index (χ1n) is 6.32. The fourth-order valence-electron chi connectivity index (χ4n) is 2.13. The lowest BCUT2D eigenvalue weighted by Gasteiger charge is -2.15. The summed E-state index contributed by atoms with van der Waals surface area (Å²) in [5, 5.41) is 5.24. The number of hydrogen-bond donors (Lipinski definition) is 1. The molecule has 21 heavy (non-hydrogen) atoms. The molecule has 0 radical (unpaired) electrons. The highest BCUT2D eigenvalue weighted by molar-refractivity contribution is 6.34. The summed E-state index contributed by atoms with van der Waals surface area (Å²) in [7, 11) is 0. The molecule has 6 heteroatoms. The van der Waals surface area contributed by atoms with Crippen molar-refractivity contribution >= 4 is 23.2 Å². The van der Waals surface area contributed by atoms with Crippen LogP contribution in [-0.4, -0.2) is 14.8 Å². The molecule has 4 nitrogen and oxygen atoms in total. The molecule has 0 spiro atoms. The van der Waals surface area contributed by atoms with Gasteiger partial charge in [0.1, 0.15) is 0 Å². The SMILES string of the molecule is NC(c1ncc(Cl)cc1Cl)c1ccnn1-c1ccccc1. The Kier molecular flexibility index (Phi) is 3.92. The smallest absolute Gasteiger partial charge is 0.0916 e. The number of halogens is 2. The molecule has 0 amide bonds. The number of benzene rings is 1. The summed E-state index contributed by atoms with van der Waals surface area (Å²) in [5.41, 5.74) is 8.60. The van der Waals surface area contributed by atoms with Crippen molar-refractivity contribution in [1.29, 1.82) is 0 Å². The minimum Gasteiger partial charge on any atom is -0.318 e. The van der Waals surface area contributed by atoms with Gasteiger partial charge in [-0.25, -0.2) is 4.68 Å². The van der Waals surface area contributed by atoms with Crippen LogP contribution in [0.3, 0.4) is 0 Å². The zero-order valence-electron chi connectivity index (χ0n) is 10.9. The number of aromatic nitrogens is 3. The largest absolute Gasteiger partial charge is 0.318 e. The van der Waals surface area contributed by atoms with E-state index in [1.807, 2.05) is 36.4 Å². The van der Waals surface area contributed by atoms with E-state index in [2.05, 4.69) is 10.1 Å². The van der Waals surface area contributed by atoms with Gasteiger partial charge < -0.3 is 5.73 Å². The van der Waals surface area contributed by atoms with E-state index in [1.54, 1.807) is 16.9 Å². The van der Waals surface area contributed by atoms with E-state index in [4.69, 9.17) is 28.9 Å². The van der Waals surface area contributed by atoms with E-state index in [-0.39, 0.29) is 0 Å². The second-order valence-corrected chi connectivity index (χ2v) is 5.35. The molecule has 0 saturated carbocycles. The average molecular weight is 319 g/mol. The maximum absolute atomic E-state index is 6.30. The van der Waals surface area contributed by atoms with Gasteiger partial charge in [-0.15, -0.1) is 0 Å². The minimum atomic E-state index is -0.488. The van der Waals surface area contributed by atoms with E-state index in [9.17, 15) is 0 Å². The van der Waals surface area contributed by atoms with Gasteiger partial charge in [0.05, 0.1) is 33.2 Å². The Bertz CT molecular complexity index is 755. The molecule has 0 aliphatic carbocycles. The van der Waals surface area contributed by atoms with E-state index >= 15 is 0 Å². The number of hydrogen-bond acceptors (Lipinski definition) is 3. The lowest BCUT2D eigenvalue weighted by molar-refractivity contribution is 0.723. The zero-order valence-corrected chi connectivity index (χ0v) is 12.5. The molecule has 0 saturated heterocycles. The van der Waals surface area contributed by atoms with Crippen LogP contribution < -0.4 is 5.73 Å². The standard InChI is InChI=1S/C15H12Cl2N4/c16-10-8-12(17)15(19-9-10)14(18)13-6-7-20-21(13)11-4-2-1-3-5-11/h1-9,14H,18H2. The minimum absolute atomic E-state index is 0.441. The highest BCUT2D eigenvalue weighted by Gasteiger charge is 2.19. The maximum Gasteiger partial charge on any atom is 0.0916 e. The van der Waals surface area contributed by atoms with Gasteiger partial charge in [0.15, 0.2) is 0 Å². The first-order chi connectivity index (χ1) is 10.2. The third kappa shape index (κ3) is 2.78. The second kappa shape index (κ2) is 5.85. The van der Waals surface area contributed by atoms with Crippen molar-refractivity contribution in [2.45, 2.75) is 6.04 Å². The summed E-state index contributed by atoms with van der Waals surface area (Å²) < 4.78 is 1.78. The van der Waals surface area contributed by atoms with Crippen molar-refractivity contribution in [2.75, 3.05) is 0 Å². The molecule has 1 unspecified atom stereocenters. The quantitative estimate of drug-likeness (QED) is 0.802. The predicted molar refractivity (Wildman–Crippen MR) is 83.9 cm³/mol. The highest BCUT2D eigenvalue weighted by atomic mass is 35.5. The lowest BCUT2D eigenvalue weighted by atomic mass is 10.1. The first kappa shape index (κ1) is 14.1. The number of nitrogens with two attached hydrogens (primary N) is 1. The molecule has 3 rings (SSSR count). The van der Waals surface area contributed by atoms with E-state index < -0.39 is 6.04 Å². The van der Waals surface area contributed by atoms with Gasteiger partial charge in [0, 0.05) is 12.4 Å². The molecule has 0 fully saturated rings. The van der Waals surface area contributed by atoms with Crippen LogP contribution in [0.2, 0.25) is 10.0 Å². The van der Waals surface area contributed by atoms with Crippen LogP contribution in [0.15, 0.2) is 54.9 Å². The number of para-hydroxylation sites is 1. The van der Waals surface area contributed by atoms with Gasteiger partial charge in [-0.1, -0.05) is 41.4 Å². The number of rotatable bonds is 3. The van der Waals surface area contributed by atoms with Crippen LogP contribution in [0.25, 0.3) is 5.69 Å². The summed E-state index contributed by atoms with van der Waals surface area (Å²) in [5.74, 6) is 0. The van der Waals surface area contributed by atoms with E-state index in [1.165, 1.54) is 6.20 Å². The van der Waals surface area contributed by atoms with Gasteiger partial charge in [-0.05, 0) is 24.3 Å². The van der Waals surface area contributed by atoms with Crippen LogP contribution >= 0.6 is 23.2 Å². The van der Waals surface area contributed by atoms with Crippen molar-refractivity contribution in [3.63, 3.8) is 0 Å². The highest BCUT2D eigenvalue weighted by Crippen LogP contribution is 2.27. The van der Waals surface area contributed by atoms with E-state index in [0.29, 0.717) is 15.7 Å². The molecule has 0 bridgehead atoms. The van der Waals surface area contributed by atoms with E-state index in [0.717, 1.165) is 11.4 Å². The average Bonchev–Trinajstić information content (AvgIpc) is 2.97. The van der Waals surface area contributed by atoms with Gasteiger partial charge in [0.25, 0.3) is 0 Å². The monoisotopic (exact) mass is 318 g/mol. The summed E-state index contributed by atoms with van der Waals surface area (Å²) in [6.45, 7) is 0. The molecule has 0 aliphatic heterocycles. The fraction of sp³-hybridized carbons (Fsp3) is 0.0667. The molecule has 2 N–H and O–H groups in total. The number of pyridine rings is 1. The van der Waals surface area contributed by atoms with Crippen LogP contribution in [-0.2, 0) is 0 Å². The third-order valence-electron chi connectivity index (χ3n) is 3.12. The summed E-state index contributed by atoms with van der Waals surface area (Å²) >= 11 is 12.1. The van der Waals surface area contributed by atoms with Gasteiger partial charge >= 0.3 is 0 Å². The summed E-state index contributed by atoms with van der Waals surface area (Å²) in [6, 6.07) is 12.8. The topological polar surface area (TPSA) is 56.7 Å². The van der Waals surface area contributed by atoms with Gasteiger partial charge in [-0.3, -0.25) is 4.98 Å². The Hall–Kier alpha value is -1.88. The van der Waals surface area contributed by atoms with Crippen LogP contribution in [0.5, 0.6) is 0 Å². The Labute approximate surface area is 132 Å². The Morgan fingerprint density at radius 1 is 1.10 bits per heavy atom. The predicted octanol–water partition coefficient (Wildman–Crippen LogP) is 3.62. The van der Waals surface area contributed by atoms with Crippen LogP contribution in [0.1, 0.15) is 17.4 Å². The van der Waals surface area contributed by atoms with Gasteiger partial charge in [0.2, 0.25) is 0 Å². The Balaban J connectivity index is 2.03. The maximum atomic E-state index is 6.30. The molecule has 2 aromatic heterocycles. The first-order valence-corrected chi connectivity index (χ1v) is 7.08. The van der Waals surface area contributed by atoms with Crippen molar-refractivity contribution in [3.05, 3.63) is 76.3 Å². The summed E-state index contributed by atoms with van der Waals surface area (Å²) in [6.07, 6.45) is 3.23. The molecule has 3 aromatic rings. The molecule has 106 valence electrons. The molecular formula is C15H12Cl2N4. The van der Waals surface area contributed by atoms with Crippen molar-refractivity contribution in [1.82, 2.24) is 14.8 Å². The summed E-state index contributed by atoms with van der Waals surface area (Å²) in [4.78, 5) is 4.24. The Morgan fingerprint density at radius 2 is 1.86 bits per heavy atom. The molecule has 2 heterocycles. The van der Waals surface area contributed by atoms with Crippen LogP contribution in [0.4, 0.5) is 0 Å². The van der Waals surface area contributed by atoms with Crippen LogP contribution in [0, 0.1) is 0 Å². The fourth-order valence-corrected chi connectivity index (χ4v) is 2.63. The molecule has 1 atom stereocenters. The molecular weight excluding hydrogens is 307 g/mol. The molecule has 0 aliphatic rings. The lowest BCUT2D eigenvalue weighted by Crippen LogP contribution is -2.18. The van der Waals surface area contributed by atoms with Crippen molar-refractivity contribution in [3.8, 4) is 5.69 Å². The zero-order chi connectivity index (χ0) is 14.8. The number of nitrogens with zero attached hydrogens (tertiary/aromatic N) is 3. The van der Waals surface area contributed by atoms with Gasteiger partial charge in [-0.2, -0.15) is 5.10 Å².